The van der Waals surface area contributed by atoms with E-state index in [1.807, 2.05) is 32.1 Å². The van der Waals surface area contributed by atoms with Gasteiger partial charge in [-0.05, 0) is 63.8 Å². The fraction of sp³-hybridized carbons (Fsp3) is 0.481. The second-order valence-corrected chi connectivity index (χ2v) is 9.96. The minimum atomic E-state index is -1.22. The summed E-state index contributed by atoms with van der Waals surface area (Å²) in [4.78, 5) is 37.0. The first-order chi connectivity index (χ1) is 16.7. The molecule has 0 saturated heterocycles. The number of carboxylic acid groups (broad SMARTS) is 1. The zero-order valence-electron chi connectivity index (χ0n) is 20.0. The smallest absolute Gasteiger partial charge is 0.303 e. The first-order valence-corrected chi connectivity index (χ1v) is 12.1. The minimum Gasteiger partial charge on any atom is -0.493 e. The fourth-order valence-electron chi connectivity index (χ4n) is 5.28. The Balaban J connectivity index is 1.53. The Bertz CT molecular complexity index is 1130. The average Bonchev–Trinajstić information content (AvgIpc) is 3.54. The van der Waals surface area contributed by atoms with Crippen molar-refractivity contribution in [3.8, 4) is 11.8 Å². The summed E-state index contributed by atoms with van der Waals surface area (Å²) in [5.74, 6) is -1.22. The Hall–Kier alpha value is -3.60. The molecule has 35 heavy (non-hydrogen) atoms. The normalized spacial score (nSPS) is 28.1. The van der Waals surface area contributed by atoms with Crippen molar-refractivity contribution in [2.75, 3.05) is 6.61 Å². The second kappa shape index (κ2) is 9.57. The highest BCUT2D eigenvalue weighted by atomic mass is 16.5. The number of nitrogens with one attached hydrogen (secondary N) is 2. The number of nitrogens with zero attached hydrogens (tertiary/aromatic N) is 1. The van der Waals surface area contributed by atoms with Crippen LogP contribution in [0.25, 0.3) is 0 Å². The molecule has 3 aliphatic rings. The summed E-state index contributed by atoms with van der Waals surface area (Å²) in [6, 6.07) is 7.64. The molecular weight excluding hydrogens is 446 g/mol. The van der Waals surface area contributed by atoms with Gasteiger partial charge in [-0.2, -0.15) is 5.26 Å². The largest absolute Gasteiger partial charge is 0.493 e. The third kappa shape index (κ3) is 4.81. The number of amides is 2. The van der Waals surface area contributed by atoms with Crippen molar-refractivity contribution in [1.82, 2.24) is 10.6 Å². The number of carboxylic acids is 1. The molecule has 1 heterocycles. The quantitative estimate of drug-likeness (QED) is 0.527. The van der Waals surface area contributed by atoms with E-state index in [1.165, 1.54) is 0 Å². The lowest BCUT2D eigenvalue weighted by molar-refractivity contribution is -0.137. The highest BCUT2D eigenvalue weighted by Crippen LogP contribution is 2.61. The molecule has 4 rings (SSSR count). The van der Waals surface area contributed by atoms with Crippen molar-refractivity contribution >= 4 is 17.8 Å². The summed E-state index contributed by atoms with van der Waals surface area (Å²) >= 11 is 0. The van der Waals surface area contributed by atoms with Gasteiger partial charge in [0.2, 0.25) is 5.91 Å². The summed E-state index contributed by atoms with van der Waals surface area (Å²) in [6.45, 7) is 4.28. The van der Waals surface area contributed by atoms with Crippen molar-refractivity contribution in [2.24, 2.45) is 11.8 Å². The lowest BCUT2D eigenvalue weighted by atomic mass is 9.78. The van der Waals surface area contributed by atoms with Crippen molar-refractivity contribution in [3.63, 3.8) is 0 Å². The third-order valence-corrected chi connectivity index (χ3v) is 7.21. The molecule has 0 bridgehead atoms. The van der Waals surface area contributed by atoms with Crippen LogP contribution in [0.3, 0.4) is 0 Å². The zero-order chi connectivity index (χ0) is 25.2. The van der Waals surface area contributed by atoms with Crippen LogP contribution >= 0.6 is 0 Å². The van der Waals surface area contributed by atoms with Gasteiger partial charge in [0.15, 0.2) is 5.54 Å². The molecule has 0 aromatic heterocycles. The molecule has 0 radical (unpaired) electrons. The Kier molecular flexibility index (Phi) is 6.70. The molecule has 184 valence electrons. The summed E-state index contributed by atoms with van der Waals surface area (Å²) < 4.78 is 5.83. The second-order valence-electron chi connectivity index (χ2n) is 9.96. The maximum atomic E-state index is 13.5. The van der Waals surface area contributed by atoms with Crippen LogP contribution in [-0.2, 0) is 15.0 Å². The number of fused-ring (bicyclic) bond motifs is 2. The molecule has 2 unspecified atom stereocenters. The van der Waals surface area contributed by atoms with E-state index in [4.69, 9.17) is 9.84 Å². The Morgan fingerprint density at radius 1 is 1.29 bits per heavy atom. The van der Waals surface area contributed by atoms with Gasteiger partial charge >= 0.3 is 5.97 Å². The van der Waals surface area contributed by atoms with Gasteiger partial charge in [-0.25, -0.2) is 0 Å². The molecule has 8 nitrogen and oxygen atoms in total. The van der Waals surface area contributed by atoms with Crippen LogP contribution in [0.2, 0.25) is 0 Å². The molecule has 4 atom stereocenters. The number of rotatable bonds is 8. The van der Waals surface area contributed by atoms with Gasteiger partial charge in [-0.15, -0.1) is 0 Å². The van der Waals surface area contributed by atoms with Crippen molar-refractivity contribution in [3.05, 3.63) is 53.6 Å². The number of ether oxygens (including phenoxy) is 1. The molecular formula is C27H31N3O5. The molecule has 1 aliphatic heterocycles. The molecule has 1 aromatic carbocycles. The van der Waals surface area contributed by atoms with Crippen LogP contribution in [0.4, 0.5) is 0 Å². The number of aliphatic carboxylic acids is 1. The lowest BCUT2D eigenvalue weighted by Gasteiger charge is -2.34. The summed E-state index contributed by atoms with van der Waals surface area (Å²) in [5, 5.41) is 24.9. The van der Waals surface area contributed by atoms with E-state index in [-0.39, 0.29) is 36.1 Å². The SMILES string of the molecule is CC(C)NC(=O)c1ccc2c(c1)[C@]1(CCO2)C[C@H]1C(=O)NC1(C#N)C=CC=CC1CCCC(=O)O. The number of hydrogen-bond acceptors (Lipinski definition) is 5. The summed E-state index contributed by atoms with van der Waals surface area (Å²) in [7, 11) is 0. The molecule has 8 heteroatoms. The van der Waals surface area contributed by atoms with E-state index in [0.717, 1.165) is 5.56 Å². The standard InChI is InChI=1S/C27H31N3O5/c1-17(2)29-24(33)18-9-10-22-20(14-18)26(12-13-35-22)15-21(26)25(34)30-27(16-28)11-4-3-6-19(27)7-5-8-23(31)32/h3-4,6,9-11,14,17,19,21H,5,7-8,12-13,15H2,1-2H3,(H,29,33)(H,30,34)(H,31,32)/t19?,21-,26-,27?/m0/s1. The van der Waals surface area contributed by atoms with Crippen LogP contribution < -0.4 is 15.4 Å². The Morgan fingerprint density at radius 3 is 2.80 bits per heavy atom. The van der Waals surface area contributed by atoms with Crippen LogP contribution in [0.15, 0.2) is 42.5 Å². The van der Waals surface area contributed by atoms with Crippen LogP contribution in [0, 0.1) is 23.2 Å². The van der Waals surface area contributed by atoms with Crippen LogP contribution in [-0.4, -0.2) is 41.1 Å². The van der Waals surface area contributed by atoms with Crippen molar-refractivity contribution in [2.45, 2.75) is 62.9 Å². The van der Waals surface area contributed by atoms with Crippen molar-refractivity contribution < 1.29 is 24.2 Å². The van der Waals surface area contributed by atoms with Gasteiger partial charge in [0, 0.05) is 40.8 Å². The molecule has 1 aromatic rings. The number of hydrogen-bond donors (Lipinski definition) is 3. The van der Waals surface area contributed by atoms with Gasteiger partial charge in [0.05, 0.1) is 12.7 Å². The lowest BCUT2D eigenvalue weighted by Crippen LogP contribution is -2.52. The molecule has 1 saturated carbocycles. The van der Waals surface area contributed by atoms with E-state index in [2.05, 4.69) is 16.7 Å². The summed E-state index contributed by atoms with van der Waals surface area (Å²) in [5.41, 5.74) is -0.250. The number of carbonyl (C=O) groups excluding carboxylic acids is 2. The topological polar surface area (TPSA) is 129 Å². The molecule has 2 aliphatic carbocycles. The van der Waals surface area contributed by atoms with Gasteiger partial charge in [-0.1, -0.05) is 18.2 Å². The number of nitriles is 1. The minimum absolute atomic E-state index is 0.00593. The molecule has 1 spiro atoms. The predicted octanol–water partition coefficient (Wildman–Crippen LogP) is 3.24. The van der Waals surface area contributed by atoms with E-state index in [0.29, 0.717) is 43.6 Å². The predicted molar refractivity (Wildman–Crippen MR) is 129 cm³/mol. The highest BCUT2D eigenvalue weighted by Gasteiger charge is 2.62. The highest BCUT2D eigenvalue weighted by molar-refractivity contribution is 5.95. The van der Waals surface area contributed by atoms with Gasteiger partial charge in [0.25, 0.3) is 5.91 Å². The average molecular weight is 478 g/mol. The van der Waals surface area contributed by atoms with Crippen LogP contribution in [0.5, 0.6) is 5.75 Å². The summed E-state index contributed by atoms with van der Waals surface area (Å²) in [6.07, 6.45) is 9.29. The molecule has 3 N–H and O–H groups in total. The van der Waals surface area contributed by atoms with E-state index < -0.39 is 16.9 Å². The van der Waals surface area contributed by atoms with E-state index in [9.17, 15) is 19.6 Å². The number of allylic oxidation sites excluding steroid dienone is 2. The first-order valence-electron chi connectivity index (χ1n) is 12.1. The van der Waals surface area contributed by atoms with E-state index in [1.54, 1.807) is 24.3 Å². The number of benzene rings is 1. The monoisotopic (exact) mass is 477 g/mol. The Morgan fingerprint density at radius 2 is 2.09 bits per heavy atom. The van der Waals surface area contributed by atoms with E-state index >= 15 is 0 Å². The van der Waals surface area contributed by atoms with Crippen LogP contribution in [0.1, 0.15) is 61.9 Å². The molecule has 2 amide bonds. The third-order valence-electron chi connectivity index (χ3n) is 7.21. The first kappa shape index (κ1) is 24.5. The Labute approximate surface area is 205 Å². The van der Waals surface area contributed by atoms with Crippen molar-refractivity contribution in [1.29, 1.82) is 5.26 Å². The molecule has 1 fully saturated rings. The maximum absolute atomic E-state index is 13.5. The zero-order valence-corrected chi connectivity index (χ0v) is 20.0. The maximum Gasteiger partial charge on any atom is 0.303 e. The van der Waals surface area contributed by atoms with Gasteiger partial charge in [0.1, 0.15) is 5.75 Å². The fourth-order valence-corrected chi connectivity index (χ4v) is 5.28. The number of carbonyl (C=O) groups is 3. The van der Waals surface area contributed by atoms with Gasteiger partial charge < -0.3 is 20.5 Å². The van der Waals surface area contributed by atoms with Gasteiger partial charge in [-0.3, -0.25) is 14.4 Å².